The van der Waals surface area contributed by atoms with Crippen LogP contribution in [0.15, 0.2) is 24.4 Å². The van der Waals surface area contributed by atoms with Gasteiger partial charge in [0.15, 0.2) is 0 Å². The van der Waals surface area contributed by atoms with E-state index in [0.717, 1.165) is 29.7 Å². The Morgan fingerprint density at radius 1 is 1.29 bits per heavy atom. The average molecular weight is 287 g/mol. The molecule has 2 rings (SSSR count). The number of rotatable bonds is 4. The molecule has 1 aromatic carbocycles. The van der Waals surface area contributed by atoms with Crippen molar-refractivity contribution in [1.29, 1.82) is 0 Å². The normalized spacial score (nSPS) is 11.6. The van der Waals surface area contributed by atoms with Crippen LogP contribution in [0.1, 0.15) is 32.9 Å². The van der Waals surface area contributed by atoms with Gasteiger partial charge in [-0.1, -0.05) is 20.8 Å². The van der Waals surface area contributed by atoms with Gasteiger partial charge < -0.3 is 5.32 Å². The number of non-ortho nitro benzene ring substituents is 1. The van der Waals surface area contributed by atoms with Crippen molar-refractivity contribution in [2.45, 2.75) is 34.1 Å². The van der Waals surface area contributed by atoms with Crippen molar-refractivity contribution >= 4 is 22.1 Å². The van der Waals surface area contributed by atoms with Gasteiger partial charge in [0.1, 0.15) is 0 Å². The summed E-state index contributed by atoms with van der Waals surface area (Å²) in [4.78, 5) is 14.9. The van der Waals surface area contributed by atoms with Crippen LogP contribution in [0.4, 0.5) is 11.4 Å². The van der Waals surface area contributed by atoms with E-state index in [9.17, 15) is 10.1 Å². The maximum Gasteiger partial charge on any atom is 0.278 e. The number of hydrogen-bond acceptors (Lipinski definition) is 4. The van der Waals surface area contributed by atoms with Gasteiger partial charge in [-0.3, -0.25) is 15.1 Å². The van der Waals surface area contributed by atoms with E-state index in [1.54, 1.807) is 18.3 Å². The summed E-state index contributed by atoms with van der Waals surface area (Å²) >= 11 is 0. The predicted molar refractivity (Wildman–Crippen MR) is 85.7 cm³/mol. The molecule has 5 heteroatoms. The smallest absolute Gasteiger partial charge is 0.278 e. The van der Waals surface area contributed by atoms with Crippen molar-refractivity contribution in [1.82, 2.24) is 4.98 Å². The molecule has 0 amide bonds. The Kier molecular flexibility index (Phi) is 4.11. The van der Waals surface area contributed by atoms with Gasteiger partial charge >= 0.3 is 0 Å². The van der Waals surface area contributed by atoms with Crippen LogP contribution in [-0.4, -0.2) is 16.5 Å². The maximum absolute atomic E-state index is 11.1. The van der Waals surface area contributed by atoms with Crippen LogP contribution in [0.3, 0.4) is 0 Å². The summed E-state index contributed by atoms with van der Waals surface area (Å²) in [6.07, 6.45) is 2.60. The third-order valence-corrected chi connectivity index (χ3v) is 3.40. The third kappa shape index (κ3) is 3.68. The molecule has 1 aromatic heterocycles. The zero-order chi connectivity index (χ0) is 15.6. The summed E-state index contributed by atoms with van der Waals surface area (Å²) in [6.45, 7) is 9.29. The highest BCUT2D eigenvalue weighted by Gasteiger charge is 2.15. The summed E-state index contributed by atoms with van der Waals surface area (Å²) < 4.78 is 0. The molecule has 0 saturated carbocycles. The molecule has 0 spiro atoms. The zero-order valence-electron chi connectivity index (χ0n) is 12.9. The van der Waals surface area contributed by atoms with Crippen LogP contribution < -0.4 is 5.32 Å². The Morgan fingerprint density at radius 3 is 2.62 bits per heavy atom. The van der Waals surface area contributed by atoms with Crippen LogP contribution in [0, 0.1) is 22.5 Å². The fourth-order valence-corrected chi connectivity index (χ4v) is 2.21. The second-order valence-corrected chi connectivity index (χ2v) is 6.50. The molecule has 21 heavy (non-hydrogen) atoms. The zero-order valence-corrected chi connectivity index (χ0v) is 12.9. The van der Waals surface area contributed by atoms with Crippen molar-refractivity contribution < 1.29 is 4.92 Å². The summed E-state index contributed by atoms with van der Waals surface area (Å²) in [6, 6.07) is 5.21. The number of aryl methyl sites for hydroxylation is 1. The quantitative estimate of drug-likeness (QED) is 0.672. The number of nitrogens with one attached hydrogen (secondary N) is 1. The van der Waals surface area contributed by atoms with E-state index >= 15 is 0 Å². The van der Waals surface area contributed by atoms with Gasteiger partial charge in [-0.05, 0) is 30.9 Å². The second-order valence-electron chi connectivity index (χ2n) is 6.50. The summed E-state index contributed by atoms with van der Waals surface area (Å²) in [7, 11) is 0. The molecule has 0 saturated heterocycles. The molecule has 2 aromatic rings. The van der Waals surface area contributed by atoms with Crippen LogP contribution in [-0.2, 0) is 0 Å². The Labute approximate surface area is 124 Å². The number of nitrogens with zero attached hydrogens (tertiary/aromatic N) is 2. The highest BCUT2D eigenvalue weighted by Crippen LogP contribution is 2.31. The van der Waals surface area contributed by atoms with Crippen molar-refractivity contribution in [3.8, 4) is 0 Å². The molecule has 1 heterocycles. The van der Waals surface area contributed by atoms with Gasteiger partial charge in [0.05, 0.1) is 10.3 Å². The van der Waals surface area contributed by atoms with Crippen LogP contribution in [0.25, 0.3) is 10.8 Å². The third-order valence-electron chi connectivity index (χ3n) is 3.40. The molecular weight excluding hydrogens is 266 g/mol. The molecule has 0 atom stereocenters. The summed E-state index contributed by atoms with van der Waals surface area (Å²) in [5, 5.41) is 15.9. The lowest BCUT2D eigenvalue weighted by atomic mass is 9.92. The molecule has 0 fully saturated rings. The number of hydrogen-bond donors (Lipinski definition) is 1. The lowest BCUT2D eigenvalue weighted by Crippen LogP contribution is -2.13. The van der Waals surface area contributed by atoms with E-state index in [1.807, 2.05) is 13.0 Å². The minimum absolute atomic E-state index is 0.0962. The molecular formula is C16H21N3O2. The number of nitro benzene ring substituents is 1. The molecule has 0 aliphatic heterocycles. The van der Waals surface area contributed by atoms with E-state index in [2.05, 4.69) is 31.1 Å². The Hall–Kier alpha value is -2.17. The van der Waals surface area contributed by atoms with E-state index < -0.39 is 0 Å². The first kappa shape index (κ1) is 15.2. The average Bonchev–Trinajstić information content (AvgIpc) is 2.37. The number of aromatic nitrogens is 1. The lowest BCUT2D eigenvalue weighted by Gasteiger charge is -2.19. The Balaban J connectivity index is 2.38. The SMILES string of the molecule is Cc1cc2c(NCCC(C)(C)C)ccc([N+](=O)[O-])c2cn1. The molecule has 0 radical (unpaired) electrons. The first-order valence-electron chi connectivity index (χ1n) is 7.05. The molecule has 0 bridgehead atoms. The van der Waals surface area contributed by atoms with Gasteiger partial charge in [0, 0.05) is 35.6 Å². The van der Waals surface area contributed by atoms with Crippen molar-refractivity contribution in [3.63, 3.8) is 0 Å². The fourth-order valence-electron chi connectivity index (χ4n) is 2.21. The molecule has 5 nitrogen and oxygen atoms in total. The van der Waals surface area contributed by atoms with Gasteiger partial charge in [0.25, 0.3) is 5.69 Å². The molecule has 0 aliphatic carbocycles. The summed E-state index contributed by atoms with van der Waals surface area (Å²) in [5.41, 5.74) is 2.12. The number of nitro groups is 1. The molecule has 0 aliphatic rings. The van der Waals surface area contributed by atoms with Crippen molar-refractivity contribution in [2.75, 3.05) is 11.9 Å². The van der Waals surface area contributed by atoms with E-state index in [1.165, 1.54) is 0 Å². The van der Waals surface area contributed by atoms with E-state index in [0.29, 0.717) is 5.39 Å². The molecule has 0 unspecified atom stereocenters. The fraction of sp³-hybridized carbons (Fsp3) is 0.438. The van der Waals surface area contributed by atoms with Crippen LogP contribution in [0.5, 0.6) is 0 Å². The number of anilines is 1. The van der Waals surface area contributed by atoms with E-state index in [-0.39, 0.29) is 16.0 Å². The number of benzene rings is 1. The largest absolute Gasteiger partial charge is 0.385 e. The van der Waals surface area contributed by atoms with Gasteiger partial charge in [-0.25, -0.2) is 0 Å². The maximum atomic E-state index is 11.1. The van der Waals surface area contributed by atoms with Crippen LogP contribution in [0.2, 0.25) is 0 Å². The van der Waals surface area contributed by atoms with Gasteiger partial charge in [-0.2, -0.15) is 0 Å². The predicted octanol–water partition coefficient (Wildman–Crippen LogP) is 4.30. The van der Waals surface area contributed by atoms with Crippen molar-refractivity contribution in [2.24, 2.45) is 5.41 Å². The number of fused-ring (bicyclic) bond motifs is 1. The topological polar surface area (TPSA) is 68.1 Å². The minimum atomic E-state index is -0.363. The Morgan fingerprint density at radius 2 is 2.00 bits per heavy atom. The Bertz CT molecular complexity index is 675. The highest BCUT2D eigenvalue weighted by molar-refractivity contribution is 5.99. The van der Waals surface area contributed by atoms with Crippen LogP contribution >= 0.6 is 0 Å². The first-order valence-corrected chi connectivity index (χ1v) is 7.05. The monoisotopic (exact) mass is 287 g/mol. The molecule has 112 valence electrons. The highest BCUT2D eigenvalue weighted by atomic mass is 16.6. The lowest BCUT2D eigenvalue weighted by molar-refractivity contribution is -0.383. The molecule has 1 N–H and O–H groups in total. The summed E-state index contributed by atoms with van der Waals surface area (Å²) in [5.74, 6) is 0. The van der Waals surface area contributed by atoms with Gasteiger partial charge in [-0.15, -0.1) is 0 Å². The minimum Gasteiger partial charge on any atom is -0.385 e. The van der Waals surface area contributed by atoms with E-state index in [4.69, 9.17) is 0 Å². The van der Waals surface area contributed by atoms with Crippen molar-refractivity contribution in [3.05, 3.63) is 40.2 Å². The first-order chi connectivity index (χ1) is 9.78. The second kappa shape index (κ2) is 5.68. The van der Waals surface area contributed by atoms with Gasteiger partial charge in [0.2, 0.25) is 0 Å². The standard InChI is InChI=1S/C16H21N3O2/c1-11-9-12-13(10-18-11)15(19(20)21)6-5-14(12)17-8-7-16(2,3)4/h5-6,9-10,17H,7-8H2,1-4H3. The number of pyridine rings is 1.